The fourth-order valence-electron chi connectivity index (χ4n) is 3.03. The van der Waals surface area contributed by atoms with Crippen molar-refractivity contribution in [2.24, 2.45) is 0 Å². The number of carbonyl (C=O) groups is 2. The van der Waals surface area contributed by atoms with E-state index in [1.54, 1.807) is 23.1 Å². The molecule has 2 amide bonds. The lowest BCUT2D eigenvalue weighted by molar-refractivity contribution is 0.0564. The molecule has 0 radical (unpaired) electrons. The molecule has 0 aromatic heterocycles. The molecule has 5 nitrogen and oxygen atoms in total. The van der Waals surface area contributed by atoms with Gasteiger partial charge in [-0.3, -0.25) is 4.79 Å². The van der Waals surface area contributed by atoms with Gasteiger partial charge in [-0.2, -0.15) is 0 Å². The maximum atomic E-state index is 13.0. The molecular formula is C22H26N2O3. The van der Waals surface area contributed by atoms with Gasteiger partial charge in [0.05, 0.1) is 18.9 Å². The van der Waals surface area contributed by atoms with Crippen LogP contribution in [0.25, 0.3) is 0 Å². The highest BCUT2D eigenvalue weighted by Gasteiger charge is 2.20. The van der Waals surface area contributed by atoms with E-state index in [1.807, 2.05) is 30.3 Å². The molecule has 0 aliphatic carbocycles. The van der Waals surface area contributed by atoms with Crippen molar-refractivity contribution in [3.63, 3.8) is 0 Å². The Morgan fingerprint density at radius 2 is 1.59 bits per heavy atom. The maximum absolute atomic E-state index is 13.0. The third-order valence-electron chi connectivity index (χ3n) is 4.72. The molecule has 3 rings (SSSR count). The molecule has 5 heteroatoms. The number of para-hydroxylation sites is 1. The zero-order valence-electron chi connectivity index (χ0n) is 16.1. The van der Waals surface area contributed by atoms with Gasteiger partial charge in [-0.25, -0.2) is 4.79 Å². The number of urea groups is 1. The zero-order valence-corrected chi connectivity index (χ0v) is 16.1. The molecule has 0 unspecified atom stereocenters. The SMILES string of the molecule is CC(C)(C)c1ccc(C(=O)c2ccccc2NC(=O)N2CCOCC2)cc1. The van der Waals surface area contributed by atoms with Crippen LogP contribution in [0.1, 0.15) is 42.3 Å². The number of morpholine rings is 1. The number of anilines is 1. The first-order chi connectivity index (χ1) is 12.9. The quantitative estimate of drug-likeness (QED) is 0.833. The number of ketones is 1. The summed E-state index contributed by atoms with van der Waals surface area (Å²) in [5.74, 6) is -0.103. The third-order valence-corrected chi connectivity index (χ3v) is 4.72. The van der Waals surface area contributed by atoms with Gasteiger partial charge in [0.2, 0.25) is 0 Å². The second-order valence-electron chi connectivity index (χ2n) is 7.73. The Morgan fingerprint density at radius 1 is 0.963 bits per heavy atom. The van der Waals surface area contributed by atoms with Crippen LogP contribution in [-0.2, 0) is 10.2 Å². The number of nitrogens with one attached hydrogen (secondary N) is 1. The predicted molar refractivity (Wildman–Crippen MR) is 106 cm³/mol. The van der Waals surface area contributed by atoms with Crippen LogP contribution in [0.5, 0.6) is 0 Å². The summed E-state index contributed by atoms with van der Waals surface area (Å²) >= 11 is 0. The number of hydrogen-bond donors (Lipinski definition) is 1. The van der Waals surface area contributed by atoms with Crippen molar-refractivity contribution in [1.29, 1.82) is 0 Å². The Balaban J connectivity index is 1.80. The van der Waals surface area contributed by atoms with Crippen molar-refractivity contribution in [3.05, 3.63) is 65.2 Å². The lowest BCUT2D eigenvalue weighted by Gasteiger charge is -2.27. The van der Waals surface area contributed by atoms with Gasteiger partial charge in [0.25, 0.3) is 0 Å². The molecule has 0 bridgehead atoms. The second-order valence-corrected chi connectivity index (χ2v) is 7.73. The molecule has 0 saturated carbocycles. The molecule has 27 heavy (non-hydrogen) atoms. The average Bonchev–Trinajstić information content (AvgIpc) is 2.68. The molecule has 1 fully saturated rings. The molecule has 1 saturated heterocycles. The Kier molecular flexibility index (Phi) is 5.61. The first kappa shape index (κ1) is 19.1. The van der Waals surface area contributed by atoms with Crippen molar-refractivity contribution >= 4 is 17.5 Å². The molecule has 0 atom stereocenters. The molecule has 1 aliphatic rings. The zero-order chi connectivity index (χ0) is 19.4. The van der Waals surface area contributed by atoms with E-state index >= 15 is 0 Å². The highest BCUT2D eigenvalue weighted by atomic mass is 16.5. The minimum Gasteiger partial charge on any atom is -0.378 e. The van der Waals surface area contributed by atoms with Crippen LogP contribution >= 0.6 is 0 Å². The van der Waals surface area contributed by atoms with Crippen molar-refractivity contribution < 1.29 is 14.3 Å². The number of benzene rings is 2. The molecule has 2 aromatic rings. The third kappa shape index (κ3) is 4.55. The van der Waals surface area contributed by atoms with Crippen LogP contribution in [0.4, 0.5) is 10.5 Å². The van der Waals surface area contributed by atoms with Crippen LogP contribution in [0, 0.1) is 0 Å². The van der Waals surface area contributed by atoms with Gasteiger partial charge < -0.3 is 15.0 Å². The summed E-state index contributed by atoms with van der Waals surface area (Å²) in [6.45, 7) is 8.59. The number of hydrogen-bond acceptors (Lipinski definition) is 3. The van der Waals surface area contributed by atoms with Gasteiger partial charge in [-0.1, -0.05) is 57.2 Å². The summed E-state index contributed by atoms with van der Waals surface area (Å²) in [5.41, 5.74) is 2.83. The molecule has 1 aliphatic heterocycles. The van der Waals surface area contributed by atoms with E-state index in [0.717, 1.165) is 0 Å². The highest BCUT2D eigenvalue weighted by molar-refractivity contribution is 6.13. The minimum atomic E-state index is -0.207. The van der Waals surface area contributed by atoms with E-state index in [2.05, 4.69) is 26.1 Å². The van der Waals surface area contributed by atoms with Crippen LogP contribution in [-0.4, -0.2) is 43.0 Å². The summed E-state index contributed by atoms with van der Waals surface area (Å²) in [4.78, 5) is 27.2. The molecule has 0 spiro atoms. The summed E-state index contributed by atoms with van der Waals surface area (Å²) < 4.78 is 5.28. The second kappa shape index (κ2) is 7.92. The van der Waals surface area contributed by atoms with E-state index in [-0.39, 0.29) is 17.2 Å². The molecular weight excluding hydrogens is 340 g/mol. The normalized spacial score (nSPS) is 14.7. The molecule has 1 N–H and O–H groups in total. The Morgan fingerprint density at radius 3 is 2.22 bits per heavy atom. The van der Waals surface area contributed by atoms with E-state index in [1.165, 1.54) is 5.56 Å². The predicted octanol–water partition coefficient (Wildman–Crippen LogP) is 4.08. The van der Waals surface area contributed by atoms with Crippen LogP contribution in [0.2, 0.25) is 0 Å². The van der Waals surface area contributed by atoms with Crippen LogP contribution < -0.4 is 5.32 Å². The van der Waals surface area contributed by atoms with E-state index in [0.29, 0.717) is 43.1 Å². The summed E-state index contributed by atoms with van der Waals surface area (Å²) in [5, 5.41) is 2.88. The minimum absolute atomic E-state index is 0.0333. The van der Waals surface area contributed by atoms with E-state index in [9.17, 15) is 9.59 Å². The highest BCUT2D eigenvalue weighted by Crippen LogP contribution is 2.24. The van der Waals surface area contributed by atoms with Gasteiger partial charge in [0.15, 0.2) is 5.78 Å². The maximum Gasteiger partial charge on any atom is 0.322 e. The fraction of sp³-hybridized carbons (Fsp3) is 0.364. The fourth-order valence-corrected chi connectivity index (χ4v) is 3.03. The summed E-state index contributed by atoms with van der Waals surface area (Å²) in [6.07, 6.45) is 0. The molecule has 2 aromatic carbocycles. The van der Waals surface area contributed by atoms with Gasteiger partial charge in [-0.15, -0.1) is 0 Å². The average molecular weight is 366 g/mol. The lowest BCUT2D eigenvalue weighted by atomic mass is 9.86. The Labute approximate surface area is 160 Å². The first-order valence-electron chi connectivity index (χ1n) is 9.24. The largest absolute Gasteiger partial charge is 0.378 e. The Bertz CT molecular complexity index is 816. The summed E-state index contributed by atoms with van der Waals surface area (Å²) in [6, 6.07) is 14.6. The smallest absolute Gasteiger partial charge is 0.322 e. The summed E-state index contributed by atoms with van der Waals surface area (Å²) in [7, 11) is 0. The Hall–Kier alpha value is -2.66. The van der Waals surface area contributed by atoms with Crippen molar-refractivity contribution in [2.75, 3.05) is 31.6 Å². The van der Waals surface area contributed by atoms with Gasteiger partial charge >= 0.3 is 6.03 Å². The monoisotopic (exact) mass is 366 g/mol. The molecule has 1 heterocycles. The molecule has 142 valence electrons. The number of carbonyl (C=O) groups excluding carboxylic acids is 2. The van der Waals surface area contributed by atoms with Crippen LogP contribution in [0.3, 0.4) is 0 Å². The van der Waals surface area contributed by atoms with E-state index < -0.39 is 0 Å². The number of nitrogens with zero attached hydrogens (tertiary/aromatic N) is 1. The van der Waals surface area contributed by atoms with Crippen molar-refractivity contribution in [2.45, 2.75) is 26.2 Å². The van der Waals surface area contributed by atoms with Crippen molar-refractivity contribution in [1.82, 2.24) is 4.90 Å². The van der Waals surface area contributed by atoms with Crippen LogP contribution in [0.15, 0.2) is 48.5 Å². The van der Waals surface area contributed by atoms with Crippen molar-refractivity contribution in [3.8, 4) is 0 Å². The standard InChI is InChI=1S/C22H26N2O3/c1-22(2,3)17-10-8-16(9-11-17)20(25)18-6-4-5-7-19(18)23-21(26)24-12-14-27-15-13-24/h4-11H,12-15H2,1-3H3,(H,23,26). The van der Waals surface area contributed by atoms with E-state index in [4.69, 9.17) is 4.74 Å². The number of ether oxygens (including phenoxy) is 1. The first-order valence-corrected chi connectivity index (χ1v) is 9.24. The number of amides is 2. The van der Waals surface area contributed by atoms with Gasteiger partial charge in [0, 0.05) is 24.2 Å². The van der Waals surface area contributed by atoms with Gasteiger partial charge in [-0.05, 0) is 23.1 Å². The van der Waals surface area contributed by atoms with Gasteiger partial charge in [0.1, 0.15) is 0 Å². The number of rotatable bonds is 3. The lowest BCUT2D eigenvalue weighted by Crippen LogP contribution is -2.43. The topological polar surface area (TPSA) is 58.6 Å².